The molecule has 0 radical (unpaired) electrons. The van der Waals surface area contributed by atoms with Gasteiger partial charge in [0.25, 0.3) is 0 Å². The summed E-state index contributed by atoms with van der Waals surface area (Å²) in [6.07, 6.45) is 3.80. The van der Waals surface area contributed by atoms with E-state index < -0.39 is 0 Å². The van der Waals surface area contributed by atoms with Crippen LogP contribution in [0, 0.1) is 0 Å². The second-order valence-electron chi connectivity index (χ2n) is 7.43. The van der Waals surface area contributed by atoms with Crippen LogP contribution in [0.2, 0.25) is 0 Å². The number of amides is 1. The second-order valence-corrected chi connectivity index (χ2v) is 7.43. The Morgan fingerprint density at radius 1 is 1.25 bits per heavy atom. The SMILES string of the molecule is CCc1[nH]nc2c1C(c1ccc(OCCN3CCCC3)c(OC)c1)CC(=O)N2. The fourth-order valence-corrected chi connectivity index (χ4v) is 4.19. The molecule has 2 aliphatic heterocycles. The Morgan fingerprint density at radius 2 is 2.07 bits per heavy atom. The number of aromatic nitrogens is 2. The monoisotopic (exact) mass is 384 g/mol. The van der Waals surface area contributed by atoms with Gasteiger partial charge >= 0.3 is 0 Å². The lowest BCUT2D eigenvalue weighted by atomic mass is 9.85. The van der Waals surface area contributed by atoms with E-state index in [0.29, 0.717) is 24.6 Å². The first kappa shape index (κ1) is 18.8. The number of likely N-dealkylation sites (tertiary alicyclic amines) is 1. The Morgan fingerprint density at radius 3 is 2.82 bits per heavy atom. The first-order valence-electron chi connectivity index (χ1n) is 10.1. The Labute approximate surface area is 165 Å². The van der Waals surface area contributed by atoms with Crippen molar-refractivity contribution < 1.29 is 14.3 Å². The highest BCUT2D eigenvalue weighted by Crippen LogP contribution is 2.41. The smallest absolute Gasteiger partial charge is 0.226 e. The van der Waals surface area contributed by atoms with E-state index in [1.165, 1.54) is 12.8 Å². The molecule has 2 aromatic rings. The molecule has 2 N–H and O–H groups in total. The molecule has 28 heavy (non-hydrogen) atoms. The normalized spacial score (nSPS) is 19.4. The third-order valence-corrected chi connectivity index (χ3v) is 5.69. The van der Waals surface area contributed by atoms with Crippen LogP contribution in [0.3, 0.4) is 0 Å². The number of fused-ring (bicyclic) bond motifs is 1. The van der Waals surface area contributed by atoms with E-state index in [0.717, 1.165) is 48.6 Å². The highest BCUT2D eigenvalue weighted by Gasteiger charge is 2.31. The minimum Gasteiger partial charge on any atom is -0.493 e. The average molecular weight is 384 g/mol. The molecular weight excluding hydrogens is 356 g/mol. The van der Waals surface area contributed by atoms with E-state index >= 15 is 0 Å². The Hall–Kier alpha value is -2.54. The number of aromatic amines is 1. The summed E-state index contributed by atoms with van der Waals surface area (Å²) in [4.78, 5) is 14.6. The van der Waals surface area contributed by atoms with Crippen LogP contribution in [-0.4, -0.2) is 54.4 Å². The highest BCUT2D eigenvalue weighted by atomic mass is 16.5. The van der Waals surface area contributed by atoms with E-state index in [9.17, 15) is 4.79 Å². The molecule has 7 nitrogen and oxygen atoms in total. The van der Waals surface area contributed by atoms with Crippen molar-refractivity contribution in [3.05, 3.63) is 35.0 Å². The number of hydrogen-bond donors (Lipinski definition) is 2. The zero-order valence-electron chi connectivity index (χ0n) is 16.6. The summed E-state index contributed by atoms with van der Waals surface area (Å²) in [7, 11) is 1.65. The van der Waals surface area contributed by atoms with Crippen LogP contribution in [0.4, 0.5) is 5.82 Å². The Balaban J connectivity index is 1.54. The van der Waals surface area contributed by atoms with Gasteiger partial charge in [-0.1, -0.05) is 13.0 Å². The van der Waals surface area contributed by atoms with Gasteiger partial charge in [0.2, 0.25) is 5.91 Å². The van der Waals surface area contributed by atoms with Gasteiger partial charge in [-0.15, -0.1) is 0 Å². The standard InChI is InChI=1S/C21H28N4O3/c1-3-16-20-15(13-19(26)22-21(20)24-23-16)14-6-7-17(18(12-14)27-2)28-11-10-25-8-4-5-9-25/h6-7,12,15H,3-5,8-11,13H2,1-2H3,(H2,22,23,24,26). The van der Waals surface area contributed by atoms with Crippen LogP contribution in [0.1, 0.15) is 48.9 Å². The summed E-state index contributed by atoms with van der Waals surface area (Å²) in [5.74, 6) is 2.03. The van der Waals surface area contributed by atoms with Gasteiger partial charge in [-0.25, -0.2) is 0 Å². The largest absolute Gasteiger partial charge is 0.493 e. The number of methoxy groups -OCH3 is 1. The summed E-state index contributed by atoms with van der Waals surface area (Å²) in [5, 5.41) is 10.2. The van der Waals surface area contributed by atoms with Crippen LogP contribution >= 0.6 is 0 Å². The zero-order chi connectivity index (χ0) is 19.5. The van der Waals surface area contributed by atoms with Crippen molar-refractivity contribution in [3.63, 3.8) is 0 Å². The fourth-order valence-electron chi connectivity index (χ4n) is 4.19. The lowest BCUT2D eigenvalue weighted by molar-refractivity contribution is -0.116. The van der Waals surface area contributed by atoms with Crippen molar-refractivity contribution in [2.45, 2.75) is 38.5 Å². The average Bonchev–Trinajstić information content (AvgIpc) is 3.37. The maximum atomic E-state index is 12.2. The van der Waals surface area contributed by atoms with Gasteiger partial charge in [0.05, 0.1) is 7.11 Å². The van der Waals surface area contributed by atoms with Crippen LogP contribution in [-0.2, 0) is 11.2 Å². The molecule has 0 saturated carbocycles. The van der Waals surface area contributed by atoms with Crippen LogP contribution in [0.5, 0.6) is 11.5 Å². The van der Waals surface area contributed by atoms with Crippen molar-refractivity contribution in [3.8, 4) is 11.5 Å². The number of nitrogens with zero attached hydrogens (tertiary/aromatic N) is 2. The summed E-state index contributed by atoms with van der Waals surface area (Å²) in [6, 6.07) is 5.98. The molecule has 3 heterocycles. The van der Waals surface area contributed by atoms with Crippen molar-refractivity contribution >= 4 is 11.7 Å². The summed E-state index contributed by atoms with van der Waals surface area (Å²) in [6.45, 7) is 5.99. The molecule has 0 spiro atoms. The van der Waals surface area contributed by atoms with Gasteiger partial charge in [-0.2, -0.15) is 5.10 Å². The van der Waals surface area contributed by atoms with Crippen molar-refractivity contribution in [1.82, 2.24) is 15.1 Å². The number of H-pyrrole nitrogens is 1. The quantitative estimate of drug-likeness (QED) is 0.767. The molecular formula is C21H28N4O3. The van der Waals surface area contributed by atoms with Gasteiger partial charge in [0.1, 0.15) is 6.61 Å². The van der Waals surface area contributed by atoms with E-state index in [4.69, 9.17) is 9.47 Å². The van der Waals surface area contributed by atoms with Gasteiger partial charge in [-0.3, -0.25) is 14.8 Å². The number of aryl methyl sites for hydroxylation is 1. The minimum atomic E-state index is -0.0370. The molecule has 1 aromatic heterocycles. The number of carbonyl (C=O) groups is 1. The third kappa shape index (κ3) is 3.71. The van der Waals surface area contributed by atoms with Crippen LogP contribution in [0.15, 0.2) is 18.2 Å². The van der Waals surface area contributed by atoms with Crippen molar-refractivity contribution in [2.75, 3.05) is 38.7 Å². The lowest BCUT2D eigenvalue weighted by Gasteiger charge is -2.24. The van der Waals surface area contributed by atoms with E-state index in [-0.39, 0.29) is 11.8 Å². The number of ether oxygens (including phenoxy) is 2. The topological polar surface area (TPSA) is 79.5 Å². The molecule has 1 unspecified atom stereocenters. The maximum absolute atomic E-state index is 12.2. The van der Waals surface area contributed by atoms with Crippen LogP contribution in [0.25, 0.3) is 0 Å². The molecule has 4 rings (SSSR count). The fraction of sp³-hybridized carbons (Fsp3) is 0.524. The zero-order valence-corrected chi connectivity index (χ0v) is 16.6. The first-order valence-corrected chi connectivity index (χ1v) is 10.1. The summed E-state index contributed by atoms with van der Waals surface area (Å²) in [5.41, 5.74) is 3.17. The number of anilines is 1. The minimum absolute atomic E-state index is 0.0171. The summed E-state index contributed by atoms with van der Waals surface area (Å²) < 4.78 is 11.6. The molecule has 2 aliphatic rings. The predicted octanol–water partition coefficient (Wildman–Crippen LogP) is 2.93. The Bertz CT molecular complexity index is 842. The van der Waals surface area contributed by atoms with Crippen LogP contribution < -0.4 is 14.8 Å². The molecule has 0 aliphatic carbocycles. The highest BCUT2D eigenvalue weighted by molar-refractivity contribution is 5.94. The Kier molecular flexibility index (Phi) is 5.52. The molecule has 1 fully saturated rings. The van der Waals surface area contributed by atoms with Crippen molar-refractivity contribution in [1.29, 1.82) is 0 Å². The lowest BCUT2D eigenvalue weighted by Crippen LogP contribution is -2.25. The van der Waals surface area contributed by atoms with Gasteiger partial charge in [-0.05, 0) is 50.0 Å². The summed E-state index contributed by atoms with van der Waals surface area (Å²) >= 11 is 0. The number of benzene rings is 1. The van der Waals surface area contributed by atoms with Gasteiger partial charge < -0.3 is 14.8 Å². The molecule has 0 bridgehead atoms. The molecule has 7 heteroatoms. The van der Waals surface area contributed by atoms with Gasteiger partial charge in [0.15, 0.2) is 17.3 Å². The first-order chi connectivity index (χ1) is 13.7. The molecule has 150 valence electrons. The number of carbonyl (C=O) groups excluding carboxylic acids is 1. The van der Waals surface area contributed by atoms with Crippen molar-refractivity contribution in [2.24, 2.45) is 0 Å². The maximum Gasteiger partial charge on any atom is 0.226 e. The molecule has 1 saturated heterocycles. The molecule has 1 amide bonds. The molecule has 1 atom stereocenters. The second kappa shape index (κ2) is 8.22. The number of rotatable bonds is 7. The number of hydrogen-bond acceptors (Lipinski definition) is 5. The number of nitrogens with one attached hydrogen (secondary N) is 2. The predicted molar refractivity (Wildman–Crippen MR) is 107 cm³/mol. The van der Waals surface area contributed by atoms with E-state index in [2.05, 4.69) is 27.3 Å². The van der Waals surface area contributed by atoms with E-state index in [1.54, 1.807) is 7.11 Å². The molecule has 1 aromatic carbocycles. The third-order valence-electron chi connectivity index (χ3n) is 5.69. The van der Waals surface area contributed by atoms with Gasteiger partial charge in [0, 0.05) is 30.1 Å². The van der Waals surface area contributed by atoms with E-state index in [1.807, 2.05) is 18.2 Å².